The monoisotopic (exact) mass is 450 g/mol. The van der Waals surface area contributed by atoms with E-state index >= 15 is 0 Å². The number of para-hydroxylation sites is 1. The fourth-order valence-corrected chi connectivity index (χ4v) is 4.71. The number of hydrogen-bond acceptors (Lipinski definition) is 6. The highest BCUT2D eigenvalue weighted by molar-refractivity contribution is 7.99. The van der Waals surface area contributed by atoms with Crippen LogP contribution in [0.15, 0.2) is 60.3 Å². The van der Waals surface area contributed by atoms with Crippen molar-refractivity contribution in [1.29, 1.82) is 0 Å². The lowest BCUT2D eigenvalue weighted by Gasteiger charge is -2.29. The molecule has 2 heterocycles. The normalized spacial score (nSPS) is 12.9. The van der Waals surface area contributed by atoms with Crippen molar-refractivity contribution in [2.75, 3.05) is 31.4 Å². The van der Waals surface area contributed by atoms with Gasteiger partial charge in [-0.25, -0.2) is 0 Å². The summed E-state index contributed by atoms with van der Waals surface area (Å²) in [5.74, 6) is 2.54. The van der Waals surface area contributed by atoms with E-state index in [1.165, 1.54) is 11.8 Å². The van der Waals surface area contributed by atoms with E-state index in [1.54, 1.807) is 20.3 Å². The number of allylic oxidation sites excluding steroid dienone is 1. The Balaban J connectivity index is 1.54. The molecule has 3 aromatic rings. The van der Waals surface area contributed by atoms with Crippen LogP contribution in [0.3, 0.4) is 0 Å². The molecule has 166 valence electrons. The van der Waals surface area contributed by atoms with Crippen molar-refractivity contribution in [2.24, 2.45) is 0 Å². The number of nitrogens with zero attached hydrogens (tertiary/aromatic N) is 4. The third-order valence-electron chi connectivity index (χ3n) is 5.41. The zero-order valence-corrected chi connectivity index (χ0v) is 19.1. The fourth-order valence-electron chi connectivity index (χ4n) is 3.88. The molecule has 0 spiro atoms. The van der Waals surface area contributed by atoms with Gasteiger partial charge >= 0.3 is 0 Å². The highest BCUT2D eigenvalue weighted by Gasteiger charge is 2.24. The average molecular weight is 451 g/mol. The number of amides is 1. The quantitative estimate of drug-likeness (QED) is 0.378. The van der Waals surface area contributed by atoms with Crippen molar-refractivity contribution < 1.29 is 14.3 Å². The Hall–Kier alpha value is -3.26. The molecular formula is C24H26N4O3S. The largest absolute Gasteiger partial charge is 0.497 e. The predicted molar refractivity (Wildman–Crippen MR) is 127 cm³/mol. The van der Waals surface area contributed by atoms with E-state index in [9.17, 15) is 4.79 Å². The van der Waals surface area contributed by atoms with Gasteiger partial charge in [0.15, 0.2) is 11.0 Å². The molecule has 0 saturated heterocycles. The summed E-state index contributed by atoms with van der Waals surface area (Å²) in [7, 11) is 3.29. The van der Waals surface area contributed by atoms with Crippen molar-refractivity contribution in [3.8, 4) is 22.9 Å². The minimum atomic E-state index is 0.0492. The summed E-state index contributed by atoms with van der Waals surface area (Å²) in [5, 5.41) is 9.41. The Bertz CT molecular complexity index is 1130. The lowest BCUT2D eigenvalue weighted by Crippen LogP contribution is -2.36. The Morgan fingerprint density at radius 3 is 2.81 bits per heavy atom. The van der Waals surface area contributed by atoms with Crippen LogP contribution in [0.4, 0.5) is 5.69 Å². The molecule has 0 radical (unpaired) electrons. The van der Waals surface area contributed by atoms with Gasteiger partial charge in [-0.2, -0.15) is 0 Å². The molecule has 0 fully saturated rings. The predicted octanol–water partition coefficient (Wildman–Crippen LogP) is 4.22. The first kappa shape index (κ1) is 22.0. The molecule has 8 heteroatoms. The Kier molecular flexibility index (Phi) is 6.80. The van der Waals surface area contributed by atoms with E-state index in [2.05, 4.69) is 16.8 Å². The number of methoxy groups -OCH3 is 2. The van der Waals surface area contributed by atoms with Gasteiger partial charge in [-0.15, -0.1) is 16.8 Å². The molecule has 1 aliphatic heterocycles. The number of aryl methyl sites for hydroxylation is 1. The van der Waals surface area contributed by atoms with Crippen LogP contribution in [0.1, 0.15) is 12.0 Å². The molecule has 0 unspecified atom stereocenters. The second-order valence-corrected chi connectivity index (χ2v) is 8.28. The number of anilines is 1. The van der Waals surface area contributed by atoms with Crippen LogP contribution in [0.2, 0.25) is 0 Å². The fraction of sp³-hybridized carbons (Fsp3) is 0.292. The topological polar surface area (TPSA) is 69.5 Å². The van der Waals surface area contributed by atoms with Crippen LogP contribution in [0.25, 0.3) is 11.4 Å². The van der Waals surface area contributed by atoms with Gasteiger partial charge in [0.1, 0.15) is 11.5 Å². The number of carbonyl (C=O) groups is 1. The smallest absolute Gasteiger partial charge is 0.237 e. The summed E-state index contributed by atoms with van der Waals surface area (Å²) in [6, 6.07) is 13.6. The van der Waals surface area contributed by atoms with E-state index in [0.717, 1.165) is 41.2 Å². The van der Waals surface area contributed by atoms with Crippen molar-refractivity contribution in [2.45, 2.75) is 24.5 Å². The summed E-state index contributed by atoms with van der Waals surface area (Å²) in [4.78, 5) is 15.0. The number of benzene rings is 2. The molecule has 0 bridgehead atoms. The third kappa shape index (κ3) is 4.36. The highest BCUT2D eigenvalue weighted by Crippen LogP contribution is 2.33. The van der Waals surface area contributed by atoms with Gasteiger partial charge in [0.05, 0.1) is 25.5 Å². The zero-order valence-electron chi connectivity index (χ0n) is 18.3. The first-order valence-electron chi connectivity index (χ1n) is 10.4. The molecule has 4 rings (SSSR count). The maximum absolute atomic E-state index is 13.1. The molecule has 2 aromatic carbocycles. The first-order chi connectivity index (χ1) is 15.7. The van der Waals surface area contributed by atoms with E-state index in [-0.39, 0.29) is 11.7 Å². The maximum Gasteiger partial charge on any atom is 0.237 e. The molecule has 32 heavy (non-hydrogen) atoms. The van der Waals surface area contributed by atoms with Gasteiger partial charge in [0.25, 0.3) is 0 Å². The number of rotatable bonds is 8. The van der Waals surface area contributed by atoms with Crippen molar-refractivity contribution in [3.63, 3.8) is 0 Å². The summed E-state index contributed by atoms with van der Waals surface area (Å²) in [6.45, 7) is 5.10. The second kappa shape index (κ2) is 9.91. The summed E-state index contributed by atoms with van der Waals surface area (Å²) in [5.41, 5.74) is 2.95. The van der Waals surface area contributed by atoms with Gasteiger partial charge < -0.3 is 14.4 Å². The van der Waals surface area contributed by atoms with Crippen molar-refractivity contribution >= 4 is 23.4 Å². The molecule has 1 aromatic heterocycles. The number of ether oxygens (including phenoxy) is 2. The minimum Gasteiger partial charge on any atom is -0.497 e. The minimum absolute atomic E-state index is 0.0492. The lowest BCUT2D eigenvalue weighted by molar-refractivity contribution is -0.116. The van der Waals surface area contributed by atoms with E-state index < -0.39 is 0 Å². The molecule has 1 amide bonds. The molecule has 0 saturated carbocycles. The summed E-state index contributed by atoms with van der Waals surface area (Å²) < 4.78 is 12.8. The molecular weight excluding hydrogens is 424 g/mol. The number of hydrogen-bond donors (Lipinski definition) is 0. The Morgan fingerprint density at radius 2 is 2.03 bits per heavy atom. The van der Waals surface area contributed by atoms with Crippen LogP contribution >= 0.6 is 11.8 Å². The van der Waals surface area contributed by atoms with Crippen LogP contribution in [-0.2, 0) is 17.8 Å². The number of aromatic nitrogens is 3. The summed E-state index contributed by atoms with van der Waals surface area (Å²) in [6.07, 6.45) is 3.67. The highest BCUT2D eigenvalue weighted by atomic mass is 32.2. The average Bonchev–Trinajstić information content (AvgIpc) is 3.24. The molecule has 0 atom stereocenters. The van der Waals surface area contributed by atoms with Crippen LogP contribution in [0, 0.1) is 0 Å². The van der Waals surface area contributed by atoms with Gasteiger partial charge in [0, 0.05) is 18.8 Å². The SMILES string of the molecule is C=CCn1c(SCC(=O)N2CCCc3cc(OC)ccc32)nnc1-c1ccccc1OC. The van der Waals surface area contributed by atoms with Crippen LogP contribution in [-0.4, -0.2) is 47.2 Å². The van der Waals surface area contributed by atoms with Crippen molar-refractivity contribution in [3.05, 3.63) is 60.7 Å². The van der Waals surface area contributed by atoms with Crippen LogP contribution < -0.4 is 14.4 Å². The molecule has 1 aliphatic rings. The third-order valence-corrected chi connectivity index (χ3v) is 6.36. The molecule has 7 nitrogen and oxygen atoms in total. The number of thioether (sulfide) groups is 1. The van der Waals surface area contributed by atoms with Gasteiger partial charge in [0.2, 0.25) is 5.91 Å². The lowest BCUT2D eigenvalue weighted by atomic mass is 10.0. The first-order valence-corrected chi connectivity index (χ1v) is 11.4. The van der Waals surface area contributed by atoms with Crippen molar-refractivity contribution in [1.82, 2.24) is 14.8 Å². The number of fused-ring (bicyclic) bond motifs is 1. The Labute approximate surface area is 192 Å². The number of carbonyl (C=O) groups excluding carboxylic acids is 1. The van der Waals surface area contributed by atoms with Gasteiger partial charge in [-0.1, -0.05) is 30.0 Å². The van der Waals surface area contributed by atoms with Gasteiger partial charge in [-0.05, 0) is 48.7 Å². The Morgan fingerprint density at radius 1 is 1.19 bits per heavy atom. The van der Waals surface area contributed by atoms with Gasteiger partial charge in [-0.3, -0.25) is 9.36 Å². The second-order valence-electron chi connectivity index (χ2n) is 7.34. The summed E-state index contributed by atoms with van der Waals surface area (Å²) >= 11 is 1.38. The maximum atomic E-state index is 13.1. The molecule has 0 aliphatic carbocycles. The standard InChI is InChI=1S/C24H26N4O3S/c1-4-13-28-23(19-9-5-6-10-21(19)31-3)25-26-24(28)32-16-22(29)27-14-7-8-17-15-18(30-2)11-12-20(17)27/h4-6,9-12,15H,1,7-8,13-14,16H2,2-3H3. The zero-order chi connectivity index (χ0) is 22.5. The van der Waals surface area contributed by atoms with Crippen LogP contribution in [0.5, 0.6) is 11.5 Å². The van der Waals surface area contributed by atoms with E-state index in [0.29, 0.717) is 24.1 Å². The molecule has 0 N–H and O–H groups in total. The van der Waals surface area contributed by atoms with E-state index in [4.69, 9.17) is 9.47 Å². The van der Waals surface area contributed by atoms with E-state index in [1.807, 2.05) is 51.9 Å².